The van der Waals surface area contributed by atoms with Crippen molar-refractivity contribution in [3.05, 3.63) is 53.6 Å². The lowest BCUT2D eigenvalue weighted by molar-refractivity contribution is -0.116. The van der Waals surface area contributed by atoms with Crippen molar-refractivity contribution >= 4 is 12.0 Å². The van der Waals surface area contributed by atoms with Crippen LogP contribution in [0.15, 0.2) is 42.5 Å². The van der Waals surface area contributed by atoms with Crippen LogP contribution in [0.1, 0.15) is 11.1 Å². The molecule has 150 valence electrons. The van der Waals surface area contributed by atoms with Crippen LogP contribution in [0.25, 0.3) is 6.08 Å². The van der Waals surface area contributed by atoms with Crippen molar-refractivity contribution in [3.63, 3.8) is 0 Å². The number of carbonyl (C=O) groups is 1. The van der Waals surface area contributed by atoms with Gasteiger partial charge in [-0.2, -0.15) is 8.78 Å². The first-order chi connectivity index (χ1) is 13.5. The van der Waals surface area contributed by atoms with E-state index in [4.69, 9.17) is 14.2 Å². The standard InChI is InChI=1S/C20H21F2NO5/c1-25-15-7-5-14(17(11-15)26-2)6-9-19(24)23-12-13-4-8-16(28-20(21)22)18(10-13)27-3/h4-11,20H,12H2,1-3H3,(H,23,24)/b9-6+. The van der Waals surface area contributed by atoms with Gasteiger partial charge in [-0.15, -0.1) is 0 Å². The van der Waals surface area contributed by atoms with E-state index in [2.05, 4.69) is 10.1 Å². The molecule has 2 rings (SSSR count). The van der Waals surface area contributed by atoms with Crippen LogP contribution < -0.4 is 24.3 Å². The summed E-state index contributed by atoms with van der Waals surface area (Å²) in [6.45, 7) is -2.76. The van der Waals surface area contributed by atoms with Crippen LogP contribution in [0.3, 0.4) is 0 Å². The van der Waals surface area contributed by atoms with Gasteiger partial charge in [-0.1, -0.05) is 6.07 Å². The molecule has 1 N–H and O–H groups in total. The van der Waals surface area contributed by atoms with Crippen LogP contribution in [-0.4, -0.2) is 33.8 Å². The third-order valence-corrected chi connectivity index (χ3v) is 3.77. The summed E-state index contributed by atoms with van der Waals surface area (Å²) in [5.41, 5.74) is 1.39. The Bertz CT molecular complexity index is 839. The molecular formula is C20H21F2NO5. The number of ether oxygens (including phenoxy) is 4. The van der Waals surface area contributed by atoms with E-state index in [9.17, 15) is 13.6 Å². The maximum absolute atomic E-state index is 12.4. The lowest BCUT2D eigenvalue weighted by atomic mass is 10.1. The van der Waals surface area contributed by atoms with Crippen LogP contribution in [0.5, 0.6) is 23.0 Å². The molecule has 0 aliphatic heterocycles. The summed E-state index contributed by atoms with van der Waals surface area (Å²) >= 11 is 0. The van der Waals surface area contributed by atoms with E-state index >= 15 is 0 Å². The summed E-state index contributed by atoms with van der Waals surface area (Å²) in [7, 11) is 4.43. The van der Waals surface area contributed by atoms with Gasteiger partial charge in [0.05, 0.1) is 21.3 Å². The van der Waals surface area contributed by atoms with Gasteiger partial charge in [-0.3, -0.25) is 4.79 Å². The lowest BCUT2D eigenvalue weighted by Crippen LogP contribution is -2.20. The van der Waals surface area contributed by atoms with Crippen molar-refractivity contribution in [1.82, 2.24) is 5.32 Å². The molecule has 0 saturated heterocycles. The Morgan fingerprint density at radius 3 is 2.39 bits per heavy atom. The van der Waals surface area contributed by atoms with Crippen LogP contribution in [0, 0.1) is 0 Å². The first kappa shape index (κ1) is 21.0. The third kappa shape index (κ3) is 5.87. The number of methoxy groups -OCH3 is 3. The van der Waals surface area contributed by atoms with E-state index in [1.807, 2.05) is 0 Å². The van der Waals surface area contributed by atoms with Crippen LogP contribution in [-0.2, 0) is 11.3 Å². The molecule has 1 amide bonds. The van der Waals surface area contributed by atoms with Crippen molar-refractivity contribution < 1.29 is 32.5 Å². The molecule has 28 heavy (non-hydrogen) atoms. The number of hydrogen-bond acceptors (Lipinski definition) is 5. The molecular weight excluding hydrogens is 372 g/mol. The summed E-state index contributed by atoms with van der Waals surface area (Å²) < 4.78 is 44.5. The molecule has 2 aromatic rings. The predicted molar refractivity (Wildman–Crippen MR) is 100 cm³/mol. The lowest BCUT2D eigenvalue weighted by Gasteiger charge is -2.11. The second-order valence-corrected chi connectivity index (χ2v) is 5.52. The Labute approximate surface area is 161 Å². The van der Waals surface area contributed by atoms with E-state index in [1.165, 1.54) is 32.4 Å². The van der Waals surface area contributed by atoms with Gasteiger partial charge in [0.15, 0.2) is 11.5 Å². The molecule has 0 aromatic heterocycles. The van der Waals surface area contributed by atoms with Crippen LogP contribution in [0.4, 0.5) is 8.78 Å². The number of nitrogens with one attached hydrogen (secondary N) is 1. The normalized spacial score (nSPS) is 10.8. The molecule has 8 heteroatoms. The molecule has 0 aliphatic carbocycles. The fourth-order valence-corrected chi connectivity index (χ4v) is 2.38. The fourth-order valence-electron chi connectivity index (χ4n) is 2.38. The maximum Gasteiger partial charge on any atom is 0.387 e. The Hall–Kier alpha value is -3.29. The zero-order chi connectivity index (χ0) is 20.5. The summed E-state index contributed by atoms with van der Waals surface area (Å²) in [5.74, 6) is 0.976. The first-order valence-electron chi connectivity index (χ1n) is 8.26. The first-order valence-corrected chi connectivity index (χ1v) is 8.26. The molecule has 0 unspecified atom stereocenters. The van der Waals surface area contributed by atoms with E-state index < -0.39 is 6.61 Å². The summed E-state index contributed by atoms with van der Waals surface area (Å²) in [4.78, 5) is 12.1. The van der Waals surface area contributed by atoms with Gasteiger partial charge in [-0.05, 0) is 35.9 Å². The molecule has 0 heterocycles. The highest BCUT2D eigenvalue weighted by molar-refractivity contribution is 5.92. The second kappa shape index (κ2) is 10.1. The summed E-state index contributed by atoms with van der Waals surface area (Å²) in [6.07, 6.45) is 2.99. The molecule has 0 aliphatic rings. The molecule has 6 nitrogen and oxygen atoms in total. The molecule has 0 radical (unpaired) electrons. The highest BCUT2D eigenvalue weighted by Crippen LogP contribution is 2.29. The van der Waals surface area contributed by atoms with Crippen molar-refractivity contribution in [3.8, 4) is 23.0 Å². The summed E-state index contributed by atoms with van der Waals surface area (Å²) in [6, 6.07) is 9.70. The van der Waals surface area contributed by atoms with Crippen LogP contribution >= 0.6 is 0 Å². The van der Waals surface area contributed by atoms with Gasteiger partial charge in [0.1, 0.15) is 11.5 Å². The Balaban J connectivity index is 1.99. The third-order valence-electron chi connectivity index (χ3n) is 3.77. The minimum absolute atomic E-state index is 0.0703. The van der Waals surface area contributed by atoms with Gasteiger partial charge in [0, 0.05) is 24.3 Å². The van der Waals surface area contributed by atoms with Gasteiger partial charge in [0.2, 0.25) is 5.91 Å². The average molecular weight is 393 g/mol. The smallest absolute Gasteiger partial charge is 0.387 e. The number of amides is 1. The van der Waals surface area contributed by atoms with E-state index in [-0.39, 0.29) is 24.0 Å². The number of alkyl halides is 2. The molecule has 0 saturated carbocycles. The molecule has 2 aromatic carbocycles. The number of halogens is 2. The number of hydrogen-bond donors (Lipinski definition) is 1. The Morgan fingerprint density at radius 1 is 1.00 bits per heavy atom. The van der Waals surface area contributed by atoms with Gasteiger partial charge >= 0.3 is 6.61 Å². The van der Waals surface area contributed by atoms with Crippen molar-refractivity contribution in [2.75, 3.05) is 21.3 Å². The number of benzene rings is 2. The van der Waals surface area contributed by atoms with E-state index in [1.54, 1.807) is 37.5 Å². The predicted octanol–water partition coefficient (Wildman–Crippen LogP) is 3.64. The molecule has 0 spiro atoms. The number of carbonyl (C=O) groups excluding carboxylic acids is 1. The van der Waals surface area contributed by atoms with Gasteiger partial charge in [0.25, 0.3) is 0 Å². The summed E-state index contributed by atoms with van der Waals surface area (Å²) in [5, 5.41) is 2.71. The Morgan fingerprint density at radius 2 is 1.75 bits per heavy atom. The highest BCUT2D eigenvalue weighted by Gasteiger charge is 2.11. The van der Waals surface area contributed by atoms with Crippen LogP contribution in [0.2, 0.25) is 0 Å². The van der Waals surface area contributed by atoms with Crippen molar-refractivity contribution in [2.24, 2.45) is 0 Å². The molecule has 0 bridgehead atoms. The van der Waals surface area contributed by atoms with Crippen molar-refractivity contribution in [1.29, 1.82) is 0 Å². The largest absolute Gasteiger partial charge is 0.497 e. The average Bonchev–Trinajstić information content (AvgIpc) is 2.70. The SMILES string of the molecule is COc1ccc(/C=C/C(=O)NCc2ccc(OC(F)F)c(OC)c2)c(OC)c1. The topological polar surface area (TPSA) is 66.0 Å². The quantitative estimate of drug-likeness (QED) is 0.659. The van der Waals surface area contributed by atoms with Crippen molar-refractivity contribution in [2.45, 2.75) is 13.2 Å². The zero-order valence-corrected chi connectivity index (χ0v) is 15.7. The zero-order valence-electron chi connectivity index (χ0n) is 15.7. The number of rotatable bonds is 9. The molecule has 0 fully saturated rings. The van der Waals surface area contributed by atoms with E-state index in [0.717, 1.165) is 0 Å². The Kier molecular flexibility index (Phi) is 7.62. The molecule has 0 atom stereocenters. The highest BCUT2D eigenvalue weighted by atomic mass is 19.3. The minimum atomic E-state index is -2.94. The maximum atomic E-state index is 12.4. The minimum Gasteiger partial charge on any atom is -0.497 e. The fraction of sp³-hybridized carbons (Fsp3) is 0.250. The van der Waals surface area contributed by atoms with Gasteiger partial charge in [-0.25, -0.2) is 0 Å². The monoisotopic (exact) mass is 393 g/mol. The second-order valence-electron chi connectivity index (χ2n) is 5.52. The van der Waals surface area contributed by atoms with Gasteiger partial charge < -0.3 is 24.3 Å². The van der Waals surface area contributed by atoms with E-state index in [0.29, 0.717) is 22.6 Å².